The van der Waals surface area contributed by atoms with Crippen molar-refractivity contribution >= 4 is 0 Å². The van der Waals surface area contributed by atoms with E-state index in [-0.39, 0.29) is 5.41 Å². The normalized spacial score (nSPS) is 26.9. The molecule has 1 nitrogen and oxygen atoms in total. The van der Waals surface area contributed by atoms with Crippen LogP contribution in [0.25, 0.3) is 0 Å². The van der Waals surface area contributed by atoms with Gasteiger partial charge < -0.3 is 5.32 Å². The number of nitrogens with one attached hydrogen (secondary N) is 1. The van der Waals surface area contributed by atoms with Crippen molar-refractivity contribution in [2.45, 2.75) is 57.2 Å². The SMILES string of the molecule is CCCNC1CCC(C)(c2cccc(C(F)(F)F)c2)C1. The van der Waals surface area contributed by atoms with Crippen LogP contribution in [-0.2, 0) is 11.6 Å². The zero-order chi connectivity index (χ0) is 14.8. The van der Waals surface area contributed by atoms with Crippen LogP contribution < -0.4 is 5.32 Å². The van der Waals surface area contributed by atoms with Gasteiger partial charge in [-0.2, -0.15) is 13.2 Å². The Bertz CT molecular complexity index is 455. The lowest BCUT2D eigenvalue weighted by Gasteiger charge is -2.26. The largest absolute Gasteiger partial charge is 0.416 e. The molecule has 2 atom stereocenters. The maximum Gasteiger partial charge on any atom is 0.416 e. The maximum atomic E-state index is 12.8. The van der Waals surface area contributed by atoms with Crippen molar-refractivity contribution < 1.29 is 13.2 Å². The van der Waals surface area contributed by atoms with E-state index in [9.17, 15) is 13.2 Å². The first-order chi connectivity index (χ1) is 9.35. The van der Waals surface area contributed by atoms with Gasteiger partial charge in [0.1, 0.15) is 0 Å². The minimum Gasteiger partial charge on any atom is -0.314 e. The van der Waals surface area contributed by atoms with E-state index >= 15 is 0 Å². The molecule has 0 aromatic heterocycles. The van der Waals surface area contributed by atoms with Gasteiger partial charge >= 0.3 is 6.18 Å². The molecule has 1 saturated carbocycles. The van der Waals surface area contributed by atoms with Crippen molar-refractivity contribution in [3.8, 4) is 0 Å². The Hall–Kier alpha value is -1.03. The number of rotatable bonds is 4. The molecular formula is C16H22F3N. The van der Waals surface area contributed by atoms with Gasteiger partial charge in [-0.15, -0.1) is 0 Å². The first kappa shape index (κ1) is 15.4. The second kappa shape index (κ2) is 5.76. The summed E-state index contributed by atoms with van der Waals surface area (Å²) < 4.78 is 38.4. The van der Waals surface area contributed by atoms with Crippen LogP contribution >= 0.6 is 0 Å². The zero-order valence-corrected chi connectivity index (χ0v) is 12.1. The Morgan fingerprint density at radius 1 is 1.35 bits per heavy atom. The van der Waals surface area contributed by atoms with Gasteiger partial charge in [-0.05, 0) is 49.3 Å². The molecule has 1 aromatic carbocycles. The number of hydrogen-bond donors (Lipinski definition) is 1. The second-order valence-corrected chi connectivity index (χ2v) is 6.03. The van der Waals surface area contributed by atoms with Crippen LogP contribution in [0.3, 0.4) is 0 Å². The van der Waals surface area contributed by atoms with Crippen LogP contribution in [0.15, 0.2) is 24.3 Å². The van der Waals surface area contributed by atoms with Crippen molar-refractivity contribution in [2.75, 3.05) is 6.54 Å². The average molecular weight is 285 g/mol. The molecule has 20 heavy (non-hydrogen) atoms. The third-order valence-electron chi connectivity index (χ3n) is 4.31. The van der Waals surface area contributed by atoms with Crippen molar-refractivity contribution in [2.24, 2.45) is 0 Å². The highest BCUT2D eigenvalue weighted by Crippen LogP contribution is 2.42. The van der Waals surface area contributed by atoms with Crippen LogP contribution in [0.5, 0.6) is 0 Å². The molecular weight excluding hydrogens is 263 g/mol. The van der Waals surface area contributed by atoms with E-state index in [1.165, 1.54) is 12.1 Å². The molecule has 1 aromatic rings. The quantitative estimate of drug-likeness (QED) is 0.858. The smallest absolute Gasteiger partial charge is 0.314 e. The fourth-order valence-corrected chi connectivity index (χ4v) is 3.10. The molecule has 1 fully saturated rings. The fraction of sp³-hybridized carbons (Fsp3) is 0.625. The topological polar surface area (TPSA) is 12.0 Å². The number of hydrogen-bond acceptors (Lipinski definition) is 1. The highest BCUT2D eigenvalue weighted by Gasteiger charge is 2.38. The molecule has 2 unspecified atom stereocenters. The molecule has 1 N–H and O–H groups in total. The summed E-state index contributed by atoms with van der Waals surface area (Å²) in [5, 5.41) is 3.48. The third kappa shape index (κ3) is 3.35. The minimum absolute atomic E-state index is 0.146. The number of benzene rings is 1. The zero-order valence-electron chi connectivity index (χ0n) is 12.1. The van der Waals surface area contributed by atoms with Gasteiger partial charge in [0.25, 0.3) is 0 Å². The van der Waals surface area contributed by atoms with E-state index in [1.54, 1.807) is 0 Å². The van der Waals surface area contributed by atoms with Gasteiger partial charge in [-0.25, -0.2) is 0 Å². The van der Waals surface area contributed by atoms with E-state index in [0.29, 0.717) is 6.04 Å². The van der Waals surface area contributed by atoms with Gasteiger partial charge in [-0.1, -0.05) is 32.0 Å². The number of alkyl halides is 3. The highest BCUT2D eigenvalue weighted by atomic mass is 19.4. The molecule has 0 heterocycles. The summed E-state index contributed by atoms with van der Waals surface area (Å²) in [6.45, 7) is 5.17. The lowest BCUT2D eigenvalue weighted by Crippen LogP contribution is -2.29. The van der Waals surface area contributed by atoms with Crippen LogP contribution in [-0.4, -0.2) is 12.6 Å². The molecule has 0 amide bonds. The van der Waals surface area contributed by atoms with E-state index in [2.05, 4.69) is 19.2 Å². The van der Waals surface area contributed by atoms with Crippen LogP contribution in [0.2, 0.25) is 0 Å². The van der Waals surface area contributed by atoms with Gasteiger partial charge in [0, 0.05) is 6.04 Å². The lowest BCUT2D eigenvalue weighted by molar-refractivity contribution is -0.137. The minimum atomic E-state index is -4.26. The molecule has 2 rings (SSSR count). The Labute approximate surface area is 118 Å². The van der Waals surface area contributed by atoms with Gasteiger partial charge in [0.15, 0.2) is 0 Å². The molecule has 0 radical (unpaired) electrons. The van der Waals surface area contributed by atoms with Gasteiger partial charge in [-0.3, -0.25) is 0 Å². The predicted octanol–water partition coefficient (Wildman–Crippen LogP) is 4.52. The lowest BCUT2D eigenvalue weighted by atomic mass is 9.80. The first-order valence-corrected chi connectivity index (χ1v) is 7.26. The monoisotopic (exact) mass is 285 g/mol. The van der Waals surface area contributed by atoms with E-state index in [1.807, 2.05) is 6.07 Å². The Morgan fingerprint density at radius 3 is 2.75 bits per heavy atom. The van der Waals surface area contributed by atoms with E-state index < -0.39 is 11.7 Å². The first-order valence-electron chi connectivity index (χ1n) is 7.26. The van der Waals surface area contributed by atoms with E-state index in [4.69, 9.17) is 0 Å². The summed E-state index contributed by atoms with van der Waals surface area (Å²) in [7, 11) is 0. The molecule has 1 aliphatic rings. The summed E-state index contributed by atoms with van der Waals surface area (Å²) in [6, 6.07) is 6.25. The molecule has 1 aliphatic carbocycles. The molecule has 0 saturated heterocycles. The molecule has 0 spiro atoms. The third-order valence-corrected chi connectivity index (χ3v) is 4.31. The summed E-state index contributed by atoms with van der Waals surface area (Å²) in [4.78, 5) is 0. The Morgan fingerprint density at radius 2 is 2.10 bits per heavy atom. The van der Waals surface area contributed by atoms with Crippen LogP contribution in [0.1, 0.15) is 50.7 Å². The maximum absolute atomic E-state index is 12.8. The molecule has 0 aliphatic heterocycles. The summed E-state index contributed by atoms with van der Waals surface area (Å²) in [6.07, 6.45) is -0.293. The molecule has 4 heteroatoms. The molecule has 0 bridgehead atoms. The van der Waals surface area contributed by atoms with Crippen molar-refractivity contribution in [1.29, 1.82) is 0 Å². The summed E-state index contributed by atoms with van der Waals surface area (Å²) in [5.41, 5.74) is 0.126. The van der Waals surface area contributed by atoms with Gasteiger partial charge in [0.05, 0.1) is 5.56 Å². The predicted molar refractivity (Wildman–Crippen MR) is 74.7 cm³/mol. The highest BCUT2D eigenvalue weighted by molar-refractivity contribution is 5.32. The van der Waals surface area contributed by atoms with Crippen molar-refractivity contribution in [3.63, 3.8) is 0 Å². The summed E-state index contributed by atoms with van der Waals surface area (Å²) in [5.74, 6) is 0. The standard InChI is InChI=1S/C16H22F3N/c1-3-9-20-14-7-8-15(2,11-14)12-5-4-6-13(10-12)16(17,18)19/h4-6,10,14,20H,3,7-9,11H2,1-2H3. The van der Waals surface area contributed by atoms with Crippen molar-refractivity contribution in [1.82, 2.24) is 5.32 Å². The molecule has 112 valence electrons. The average Bonchev–Trinajstić information content (AvgIpc) is 2.79. The summed E-state index contributed by atoms with van der Waals surface area (Å²) >= 11 is 0. The van der Waals surface area contributed by atoms with E-state index in [0.717, 1.165) is 43.9 Å². The van der Waals surface area contributed by atoms with Crippen LogP contribution in [0, 0.1) is 0 Å². The van der Waals surface area contributed by atoms with Crippen LogP contribution in [0.4, 0.5) is 13.2 Å². The van der Waals surface area contributed by atoms with Crippen molar-refractivity contribution in [3.05, 3.63) is 35.4 Å². The Balaban J connectivity index is 2.15. The van der Waals surface area contributed by atoms with Gasteiger partial charge in [0.2, 0.25) is 0 Å². The Kier molecular flexibility index (Phi) is 4.43. The number of halogens is 3. The fourth-order valence-electron chi connectivity index (χ4n) is 3.10. The second-order valence-electron chi connectivity index (χ2n) is 6.03.